The number of nitrogens with one attached hydrogen (secondary N) is 2. The summed E-state index contributed by atoms with van der Waals surface area (Å²) in [6, 6.07) is 14.4. The molecule has 1 amide bonds. The Morgan fingerprint density at radius 3 is 2.67 bits per heavy atom. The van der Waals surface area contributed by atoms with Crippen molar-refractivity contribution in [1.29, 1.82) is 0 Å². The molecule has 0 aliphatic carbocycles. The first-order valence-corrected chi connectivity index (χ1v) is 8.77. The number of non-ortho nitro benzene ring substituents is 1. The van der Waals surface area contributed by atoms with Crippen LogP contribution >= 0.6 is 0 Å². The molecule has 1 aliphatic rings. The Labute approximate surface area is 157 Å². The van der Waals surface area contributed by atoms with Crippen LogP contribution in [0.15, 0.2) is 54.6 Å². The van der Waals surface area contributed by atoms with Crippen molar-refractivity contribution in [2.75, 3.05) is 32.1 Å². The van der Waals surface area contributed by atoms with Crippen LogP contribution in [0.3, 0.4) is 0 Å². The highest BCUT2D eigenvalue weighted by Crippen LogP contribution is 2.28. The molecule has 140 valence electrons. The van der Waals surface area contributed by atoms with E-state index in [1.807, 2.05) is 18.2 Å². The number of methoxy groups -OCH3 is 1. The highest BCUT2D eigenvalue weighted by atomic mass is 16.6. The van der Waals surface area contributed by atoms with Gasteiger partial charge in [0.05, 0.1) is 36.9 Å². The van der Waals surface area contributed by atoms with E-state index in [1.165, 1.54) is 41.3 Å². The third-order valence-corrected chi connectivity index (χ3v) is 4.61. The zero-order valence-corrected chi connectivity index (χ0v) is 15.1. The second-order valence-electron chi connectivity index (χ2n) is 6.42. The van der Waals surface area contributed by atoms with Gasteiger partial charge in [0.15, 0.2) is 6.54 Å². The zero-order chi connectivity index (χ0) is 19.2. The SMILES string of the molecule is COc1cc([N+](=O)[O-])ccc1NC(=O)C[NH+]1CC=C(c2ccccc2)CC1. The van der Waals surface area contributed by atoms with Gasteiger partial charge in [-0.3, -0.25) is 14.9 Å². The average Bonchev–Trinajstić information content (AvgIpc) is 2.69. The number of benzene rings is 2. The minimum absolute atomic E-state index is 0.0786. The van der Waals surface area contributed by atoms with Crippen LogP contribution in [0.1, 0.15) is 12.0 Å². The van der Waals surface area contributed by atoms with Crippen molar-refractivity contribution >= 4 is 22.9 Å². The molecule has 7 heteroatoms. The Kier molecular flexibility index (Phi) is 5.83. The molecule has 0 saturated heterocycles. The first kappa shape index (κ1) is 18.6. The monoisotopic (exact) mass is 368 g/mol. The molecule has 27 heavy (non-hydrogen) atoms. The lowest BCUT2D eigenvalue weighted by Crippen LogP contribution is -3.13. The zero-order valence-electron chi connectivity index (χ0n) is 15.1. The van der Waals surface area contributed by atoms with Gasteiger partial charge in [-0.25, -0.2) is 0 Å². The van der Waals surface area contributed by atoms with Crippen LogP contribution in [0.2, 0.25) is 0 Å². The molecular weight excluding hydrogens is 346 g/mol. The van der Waals surface area contributed by atoms with Crippen LogP contribution in [0.5, 0.6) is 5.75 Å². The van der Waals surface area contributed by atoms with Crippen LogP contribution in [0.4, 0.5) is 11.4 Å². The number of quaternary nitrogens is 1. The molecule has 0 fully saturated rings. The molecule has 0 radical (unpaired) electrons. The molecule has 0 aromatic heterocycles. The number of ether oxygens (including phenoxy) is 1. The predicted molar refractivity (Wildman–Crippen MR) is 103 cm³/mol. The van der Waals surface area contributed by atoms with E-state index >= 15 is 0 Å². The second-order valence-corrected chi connectivity index (χ2v) is 6.42. The summed E-state index contributed by atoms with van der Waals surface area (Å²) in [5.41, 5.74) is 2.91. The second kappa shape index (κ2) is 8.46. The van der Waals surface area contributed by atoms with Gasteiger partial charge < -0.3 is 15.0 Å². The number of nitrogens with zero attached hydrogens (tertiary/aromatic N) is 1. The number of carbonyl (C=O) groups excluding carboxylic acids is 1. The summed E-state index contributed by atoms with van der Waals surface area (Å²) in [4.78, 5) is 23.9. The third-order valence-electron chi connectivity index (χ3n) is 4.61. The summed E-state index contributed by atoms with van der Waals surface area (Å²) in [5, 5.41) is 13.6. The number of hydrogen-bond donors (Lipinski definition) is 2. The Balaban J connectivity index is 1.59. The molecule has 3 rings (SSSR count). The normalized spacial score (nSPS) is 16.3. The molecule has 2 aromatic rings. The van der Waals surface area contributed by atoms with E-state index in [2.05, 4.69) is 23.5 Å². The lowest BCUT2D eigenvalue weighted by molar-refractivity contribution is -0.886. The van der Waals surface area contributed by atoms with Crippen LogP contribution in [0, 0.1) is 10.1 Å². The molecule has 0 bridgehead atoms. The van der Waals surface area contributed by atoms with Gasteiger partial charge in [-0.15, -0.1) is 0 Å². The minimum Gasteiger partial charge on any atom is -0.494 e. The molecular formula is C20H22N3O4+. The van der Waals surface area contributed by atoms with Crippen molar-refractivity contribution < 1.29 is 19.4 Å². The van der Waals surface area contributed by atoms with E-state index in [0.717, 1.165) is 19.5 Å². The van der Waals surface area contributed by atoms with Crippen molar-refractivity contribution in [3.05, 3.63) is 70.3 Å². The Morgan fingerprint density at radius 1 is 1.26 bits per heavy atom. The highest BCUT2D eigenvalue weighted by Gasteiger charge is 2.20. The van der Waals surface area contributed by atoms with E-state index < -0.39 is 4.92 Å². The van der Waals surface area contributed by atoms with E-state index in [-0.39, 0.29) is 17.3 Å². The topological polar surface area (TPSA) is 85.9 Å². The maximum atomic E-state index is 12.4. The van der Waals surface area contributed by atoms with Crippen LogP contribution in [0.25, 0.3) is 5.57 Å². The van der Waals surface area contributed by atoms with Gasteiger partial charge in [0.2, 0.25) is 0 Å². The van der Waals surface area contributed by atoms with Crippen LogP contribution < -0.4 is 15.0 Å². The largest absolute Gasteiger partial charge is 0.494 e. The quantitative estimate of drug-likeness (QED) is 0.602. The number of nitro benzene ring substituents is 1. The van der Waals surface area contributed by atoms with Gasteiger partial charge in [0.25, 0.3) is 11.6 Å². The number of nitro groups is 1. The molecule has 1 aliphatic heterocycles. The first-order valence-electron chi connectivity index (χ1n) is 8.77. The summed E-state index contributed by atoms with van der Waals surface area (Å²) >= 11 is 0. The van der Waals surface area contributed by atoms with Crippen molar-refractivity contribution in [1.82, 2.24) is 0 Å². The lowest BCUT2D eigenvalue weighted by atomic mass is 10.00. The summed E-state index contributed by atoms with van der Waals surface area (Å²) in [6.45, 7) is 2.00. The van der Waals surface area contributed by atoms with E-state index in [9.17, 15) is 14.9 Å². The summed E-state index contributed by atoms with van der Waals surface area (Å²) in [7, 11) is 1.42. The van der Waals surface area contributed by atoms with Gasteiger partial charge in [-0.2, -0.15) is 0 Å². The van der Waals surface area contributed by atoms with Gasteiger partial charge in [-0.05, 0) is 23.3 Å². The number of anilines is 1. The van der Waals surface area contributed by atoms with Crippen LogP contribution in [-0.2, 0) is 4.79 Å². The fraction of sp³-hybridized carbons (Fsp3) is 0.250. The third kappa shape index (κ3) is 4.71. The number of rotatable bonds is 6. The standard InChI is InChI=1S/C20H21N3O4/c1-27-19-13-17(23(25)26)7-8-18(19)21-20(24)14-22-11-9-16(10-12-22)15-5-3-2-4-6-15/h2-9,13H,10-12,14H2,1H3,(H,21,24)/p+1. The van der Waals surface area contributed by atoms with Gasteiger partial charge >= 0.3 is 0 Å². The number of amides is 1. The molecule has 0 spiro atoms. The van der Waals surface area contributed by atoms with Gasteiger partial charge in [0, 0.05) is 12.5 Å². The summed E-state index contributed by atoms with van der Waals surface area (Å²) in [6.07, 6.45) is 3.11. The fourth-order valence-corrected chi connectivity index (χ4v) is 3.18. The number of hydrogen-bond acceptors (Lipinski definition) is 4. The van der Waals surface area contributed by atoms with Crippen molar-refractivity contribution in [2.24, 2.45) is 0 Å². The predicted octanol–water partition coefficient (Wildman–Crippen LogP) is 1.91. The molecule has 1 heterocycles. The van der Waals surface area contributed by atoms with Gasteiger partial charge in [-0.1, -0.05) is 30.3 Å². The lowest BCUT2D eigenvalue weighted by Gasteiger charge is -2.23. The first-order chi connectivity index (χ1) is 13.1. The summed E-state index contributed by atoms with van der Waals surface area (Å²) < 4.78 is 5.15. The van der Waals surface area contributed by atoms with Crippen molar-refractivity contribution in [3.8, 4) is 5.75 Å². The van der Waals surface area contributed by atoms with E-state index in [4.69, 9.17) is 4.74 Å². The van der Waals surface area contributed by atoms with E-state index in [1.54, 1.807) is 0 Å². The fourth-order valence-electron chi connectivity index (χ4n) is 3.18. The summed E-state index contributed by atoms with van der Waals surface area (Å²) in [5.74, 6) is 0.131. The van der Waals surface area contributed by atoms with Crippen molar-refractivity contribution in [3.63, 3.8) is 0 Å². The maximum absolute atomic E-state index is 12.4. The molecule has 2 N–H and O–H groups in total. The van der Waals surface area contributed by atoms with Crippen LogP contribution in [-0.4, -0.2) is 37.6 Å². The maximum Gasteiger partial charge on any atom is 0.279 e. The van der Waals surface area contributed by atoms with Gasteiger partial charge in [0.1, 0.15) is 5.75 Å². The minimum atomic E-state index is -0.497. The Bertz CT molecular complexity index is 865. The molecule has 2 aromatic carbocycles. The molecule has 7 nitrogen and oxygen atoms in total. The number of carbonyl (C=O) groups is 1. The Morgan fingerprint density at radius 2 is 2.04 bits per heavy atom. The molecule has 0 saturated carbocycles. The average molecular weight is 368 g/mol. The van der Waals surface area contributed by atoms with Crippen molar-refractivity contribution in [2.45, 2.75) is 6.42 Å². The smallest absolute Gasteiger partial charge is 0.279 e. The molecule has 1 unspecified atom stereocenters. The molecule has 1 atom stereocenters. The highest BCUT2D eigenvalue weighted by molar-refractivity contribution is 5.93. The van der Waals surface area contributed by atoms with E-state index in [0.29, 0.717) is 12.2 Å². The Hall–Kier alpha value is -3.19.